The summed E-state index contributed by atoms with van der Waals surface area (Å²) in [7, 11) is 0. The highest BCUT2D eigenvalue weighted by molar-refractivity contribution is 6.24. The van der Waals surface area contributed by atoms with E-state index in [9.17, 15) is 9.59 Å². The summed E-state index contributed by atoms with van der Waals surface area (Å²) in [6, 6.07) is 12.1. The molecule has 0 saturated carbocycles. The second-order valence-electron chi connectivity index (χ2n) is 8.74. The summed E-state index contributed by atoms with van der Waals surface area (Å²) in [5.74, 6) is 0.378. The Hall–Kier alpha value is -2.44. The maximum absolute atomic E-state index is 13.0. The summed E-state index contributed by atoms with van der Waals surface area (Å²) in [6.45, 7) is 6.48. The van der Waals surface area contributed by atoms with Crippen molar-refractivity contribution in [1.82, 2.24) is 14.7 Å². The van der Waals surface area contributed by atoms with Crippen molar-refractivity contribution in [2.45, 2.75) is 25.7 Å². The number of anilines is 1. The van der Waals surface area contributed by atoms with Crippen LogP contribution in [0.4, 0.5) is 5.69 Å². The number of carbonyl (C=O) groups is 2. The van der Waals surface area contributed by atoms with Crippen molar-refractivity contribution in [2.24, 2.45) is 0 Å². The van der Waals surface area contributed by atoms with Crippen LogP contribution in [0, 0.1) is 0 Å². The third-order valence-electron chi connectivity index (χ3n) is 6.77. The number of benzene rings is 2. The van der Waals surface area contributed by atoms with Gasteiger partial charge in [0, 0.05) is 50.2 Å². The summed E-state index contributed by atoms with van der Waals surface area (Å²) in [5, 5.41) is 2.20. The van der Waals surface area contributed by atoms with Crippen molar-refractivity contribution in [3.63, 3.8) is 0 Å². The normalized spacial score (nSPS) is 20.7. The first-order valence-corrected chi connectivity index (χ1v) is 11.3. The quantitative estimate of drug-likeness (QED) is 0.783. The Balaban J connectivity index is 1.18. The van der Waals surface area contributed by atoms with Crippen molar-refractivity contribution < 1.29 is 9.59 Å². The highest BCUT2D eigenvalue weighted by Crippen LogP contribution is 2.37. The van der Waals surface area contributed by atoms with Gasteiger partial charge in [0.1, 0.15) is 0 Å². The van der Waals surface area contributed by atoms with Crippen LogP contribution >= 0.6 is 0 Å². The smallest absolute Gasteiger partial charge is 0.260 e. The van der Waals surface area contributed by atoms with Crippen LogP contribution in [0.5, 0.6) is 0 Å². The van der Waals surface area contributed by atoms with Crippen LogP contribution < -0.4 is 4.90 Å². The minimum Gasteiger partial charge on any atom is -0.342 e. The molecule has 5 rings (SSSR count). The van der Waals surface area contributed by atoms with E-state index >= 15 is 0 Å². The van der Waals surface area contributed by atoms with Crippen LogP contribution in [0.1, 0.15) is 36.0 Å². The molecular formula is C24H30N4O2. The molecule has 0 aliphatic carbocycles. The van der Waals surface area contributed by atoms with Crippen LogP contribution in [-0.4, -0.2) is 79.0 Å². The summed E-state index contributed by atoms with van der Waals surface area (Å²) < 4.78 is 0. The maximum atomic E-state index is 13.0. The molecule has 2 saturated heterocycles. The zero-order valence-corrected chi connectivity index (χ0v) is 17.6. The van der Waals surface area contributed by atoms with Gasteiger partial charge < -0.3 is 4.90 Å². The fraction of sp³-hybridized carbons (Fsp3) is 0.500. The maximum Gasteiger partial charge on any atom is 0.260 e. The molecule has 0 bridgehead atoms. The lowest BCUT2D eigenvalue weighted by Gasteiger charge is -2.37. The van der Waals surface area contributed by atoms with E-state index in [1.807, 2.05) is 29.2 Å². The van der Waals surface area contributed by atoms with Crippen LogP contribution in [-0.2, 0) is 4.79 Å². The van der Waals surface area contributed by atoms with Crippen LogP contribution in [0.15, 0.2) is 36.4 Å². The number of nitrogens with zero attached hydrogens (tertiary/aromatic N) is 4. The number of hydrogen-bond donors (Lipinski definition) is 0. The standard InChI is InChI=1S/C24H30N4O2/c29-22(27-11-3-1-2-4-12-27)17-25-13-15-26(16-14-25)18-28-21-10-6-8-19-7-5-9-20(23(19)21)24(28)30/h5-10H,1-4,11-18H2. The molecule has 0 N–H and O–H groups in total. The van der Waals surface area contributed by atoms with Crippen LogP contribution in [0.2, 0.25) is 0 Å². The van der Waals surface area contributed by atoms with Gasteiger partial charge in [-0.25, -0.2) is 0 Å². The first-order valence-electron chi connectivity index (χ1n) is 11.3. The number of hydrogen-bond acceptors (Lipinski definition) is 4. The van der Waals surface area contributed by atoms with E-state index in [1.54, 1.807) is 0 Å². The molecule has 3 aliphatic heterocycles. The first kappa shape index (κ1) is 19.5. The highest BCUT2D eigenvalue weighted by Gasteiger charge is 2.31. The van der Waals surface area contributed by atoms with Crippen molar-refractivity contribution in [2.75, 3.05) is 57.4 Å². The fourth-order valence-corrected chi connectivity index (χ4v) is 5.02. The first-order chi connectivity index (χ1) is 14.7. The molecule has 2 amide bonds. The molecular weight excluding hydrogens is 376 g/mol. The molecule has 0 radical (unpaired) electrons. The lowest BCUT2D eigenvalue weighted by atomic mass is 10.1. The van der Waals surface area contributed by atoms with E-state index in [-0.39, 0.29) is 11.8 Å². The summed E-state index contributed by atoms with van der Waals surface area (Å²) in [6.07, 6.45) is 4.77. The average Bonchev–Trinajstić information content (AvgIpc) is 2.95. The molecule has 6 heteroatoms. The van der Waals surface area contributed by atoms with E-state index < -0.39 is 0 Å². The molecule has 3 aliphatic rings. The van der Waals surface area contributed by atoms with Gasteiger partial charge in [0.15, 0.2) is 0 Å². The van der Waals surface area contributed by atoms with Gasteiger partial charge in [-0.2, -0.15) is 0 Å². The number of carbonyl (C=O) groups excluding carboxylic acids is 2. The van der Waals surface area contributed by atoms with Crippen LogP contribution in [0.25, 0.3) is 10.8 Å². The van der Waals surface area contributed by atoms with Crippen molar-refractivity contribution in [3.05, 3.63) is 42.0 Å². The monoisotopic (exact) mass is 406 g/mol. The number of piperazine rings is 1. The fourth-order valence-electron chi connectivity index (χ4n) is 5.02. The minimum absolute atomic E-state index is 0.0978. The highest BCUT2D eigenvalue weighted by atomic mass is 16.2. The van der Waals surface area contributed by atoms with Gasteiger partial charge in [0.05, 0.1) is 18.9 Å². The van der Waals surface area contributed by atoms with Crippen LogP contribution in [0.3, 0.4) is 0 Å². The topological polar surface area (TPSA) is 47.1 Å². The minimum atomic E-state index is 0.0978. The van der Waals surface area contributed by atoms with Gasteiger partial charge in [0.25, 0.3) is 5.91 Å². The molecule has 0 unspecified atom stereocenters. The van der Waals surface area contributed by atoms with E-state index in [2.05, 4.69) is 26.8 Å². The van der Waals surface area contributed by atoms with Gasteiger partial charge in [-0.15, -0.1) is 0 Å². The zero-order chi connectivity index (χ0) is 20.5. The number of amides is 2. The SMILES string of the molecule is O=C(CN1CCN(CN2C(=O)c3cccc4cccc2c34)CC1)N1CCCCCC1. The summed E-state index contributed by atoms with van der Waals surface area (Å²) in [5.41, 5.74) is 1.83. The lowest BCUT2D eigenvalue weighted by molar-refractivity contribution is -0.132. The molecule has 0 atom stereocenters. The Morgan fingerprint density at radius 2 is 1.47 bits per heavy atom. The van der Waals surface area contributed by atoms with Gasteiger partial charge in [-0.1, -0.05) is 37.1 Å². The second-order valence-corrected chi connectivity index (χ2v) is 8.74. The molecule has 0 spiro atoms. The average molecular weight is 407 g/mol. The van der Waals surface area contributed by atoms with Gasteiger partial charge in [-0.3, -0.25) is 24.3 Å². The van der Waals surface area contributed by atoms with Crippen molar-refractivity contribution >= 4 is 28.3 Å². The second kappa shape index (κ2) is 8.36. The van der Waals surface area contributed by atoms with E-state index in [4.69, 9.17) is 0 Å². The van der Waals surface area contributed by atoms with Gasteiger partial charge >= 0.3 is 0 Å². The summed E-state index contributed by atoms with van der Waals surface area (Å²) in [4.78, 5) is 34.2. The molecule has 2 aromatic carbocycles. The summed E-state index contributed by atoms with van der Waals surface area (Å²) >= 11 is 0. The third-order valence-corrected chi connectivity index (χ3v) is 6.77. The third kappa shape index (κ3) is 3.70. The van der Waals surface area contributed by atoms with Crippen molar-refractivity contribution in [1.29, 1.82) is 0 Å². The predicted molar refractivity (Wildman–Crippen MR) is 119 cm³/mol. The zero-order valence-electron chi connectivity index (χ0n) is 17.6. The van der Waals surface area contributed by atoms with Crippen molar-refractivity contribution in [3.8, 4) is 0 Å². The number of likely N-dealkylation sites (tertiary alicyclic amines) is 1. The molecule has 0 aromatic heterocycles. The van der Waals surface area contributed by atoms with E-state index in [0.717, 1.165) is 74.1 Å². The Labute approximate surface area is 178 Å². The van der Waals surface area contributed by atoms with Gasteiger partial charge in [0.2, 0.25) is 5.91 Å². The lowest BCUT2D eigenvalue weighted by Crippen LogP contribution is -2.52. The molecule has 2 fully saturated rings. The Morgan fingerprint density at radius 3 is 2.20 bits per heavy atom. The molecule has 6 nitrogen and oxygen atoms in total. The Morgan fingerprint density at radius 1 is 0.800 bits per heavy atom. The molecule has 3 heterocycles. The molecule has 2 aromatic rings. The van der Waals surface area contributed by atoms with Gasteiger partial charge in [-0.05, 0) is 30.4 Å². The Bertz CT molecular complexity index is 938. The predicted octanol–water partition coefficient (Wildman–Crippen LogP) is 2.78. The number of rotatable bonds is 4. The Kier molecular flexibility index (Phi) is 5.44. The molecule has 158 valence electrons. The largest absolute Gasteiger partial charge is 0.342 e. The van der Waals surface area contributed by atoms with E-state index in [0.29, 0.717) is 13.2 Å². The molecule has 30 heavy (non-hydrogen) atoms. The van der Waals surface area contributed by atoms with E-state index in [1.165, 1.54) is 12.8 Å².